The molecule has 2 aliphatic rings. The number of rotatable bonds is 0. The van der Waals surface area contributed by atoms with Gasteiger partial charge in [0.2, 0.25) is 0 Å². The number of carbonyl (C=O) groups excluding carboxylic acids is 1. The summed E-state index contributed by atoms with van der Waals surface area (Å²) in [7, 11) is 1.37. The van der Waals surface area contributed by atoms with Crippen molar-refractivity contribution in [3.05, 3.63) is 0 Å². The van der Waals surface area contributed by atoms with Crippen LogP contribution in [-0.4, -0.2) is 13.1 Å². The van der Waals surface area contributed by atoms with Gasteiger partial charge in [-0.1, -0.05) is 12.3 Å². The van der Waals surface area contributed by atoms with Crippen LogP contribution in [0.25, 0.3) is 0 Å². The van der Waals surface area contributed by atoms with Crippen molar-refractivity contribution in [2.45, 2.75) is 32.1 Å². The molecule has 0 amide bonds. The summed E-state index contributed by atoms with van der Waals surface area (Å²) in [5.41, 5.74) is 0.515. The lowest BCUT2D eigenvalue weighted by Crippen LogP contribution is -2.06. The van der Waals surface area contributed by atoms with E-state index in [1.165, 1.54) is 39.2 Å². The molecule has 13 heavy (non-hydrogen) atoms. The van der Waals surface area contributed by atoms with Crippen molar-refractivity contribution in [1.29, 1.82) is 0 Å². The zero-order chi connectivity index (χ0) is 9.31. The summed E-state index contributed by atoms with van der Waals surface area (Å²) in [5.74, 6) is 5.68. The van der Waals surface area contributed by atoms with E-state index >= 15 is 0 Å². The third kappa shape index (κ3) is 1.56. The fraction of sp³-hybridized carbons (Fsp3) is 0.727. The molecule has 0 heterocycles. The molecule has 0 bridgehead atoms. The molecule has 2 heteroatoms. The first-order valence-electron chi connectivity index (χ1n) is 4.86. The third-order valence-corrected chi connectivity index (χ3v) is 3.33. The Kier molecular flexibility index (Phi) is 2.03. The van der Waals surface area contributed by atoms with Crippen LogP contribution in [0.2, 0.25) is 0 Å². The lowest BCUT2D eigenvalue weighted by Gasteiger charge is -2.09. The summed E-state index contributed by atoms with van der Waals surface area (Å²) in [5, 5.41) is 0. The lowest BCUT2D eigenvalue weighted by atomic mass is 9.93. The van der Waals surface area contributed by atoms with Crippen LogP contribution in [0.4, 0.5) is 0 Å². The molecule has 0 aromatic rings. The maximum atomic E-state index is 10.8. The van der Waals surface area contributed by atoms with Crippen LogP contribution in [-0.2, 0) is 9.53 Å². The summed E-state index contributed by atoms with van der Waals surface area (Å²) in [6, 6.07) is 0. The second kappa shape index (κ2) is 3.06. The number of hydrogen-bond acceptors (Lipinski definition) is 2. The van der Waals surface area contributed by atoms with Gasteiger partial charge in [0.25, 0.3) is 0 Å². The minimum absolute atomic E-state index is 0.400. The Hall–Kier alpha value is -0.970. The molecular weight excluding hydrogens is 164 g/mol. The second-order valence-electron chi connectivity index (χ2n) is 4.07. The zero-order valence-corrected chi connectivity index (χ0v) is 7.93. The van der Waals surface area contributed by atoms with Gasteiger partial charge in [-0.2, -0.15) is 0 Å². The van der Waals surface area contributed by atoms with E-state index < -0.39 is 5.97 Å². The molecule has 2 nitrogen and oxygen atoms in total. The molecule has 70 valence electrons. The van der Waals surface area contributed by atoms with Gasteiger partial charge < -0.3 is 4.74 Å². The Morgan fingerprint density at radius 1 is 1.46 bits per heavy atom. The second-order valence-corrected chi connectivity index (χ2v) is 4.07. The highest BCUT2D eigenvalue weighted by Gasteiger charge is 2.51. The monoisotopic (exact) mass is 178 g/mol. The third-order valence-electron chi connectivity index (χ3n) is 3.33. The largest absolute Gasteiger partial charge is 0.459 e. The normalized spacial score (nSPS) is 27.9. The summed E-state index contributed by atoms with van der Waals surface area (Å²) >= 11 is 0. The summed E-state index contributed by atoms with van der Waals surface area (Å²) in [4.78, 5) is 10.8. The molecule has 2 fully saturated rings. The molecule has 0 N–H and O–H groups in total. The van der Waals surface area contributed by atoms with E-state index in [0.717, 1.165) is 0 Å². The van der Waals surface area contributed by atoms with E-state index in [0.29, 0.717) is 11.3 Å². The summed E-state index contributed by atoms with van der Waals surface area (Å²) in [6.07, 6.45) is 6.39. The molecule has 1 unspecified atom stereocenters. The highest BCUT2D eigenvalue weighted by atomic mass is 16.5. The van der Waals surface area contributed by atoms with Crippen molar-refractivity contribution in [1.82, 2.24) is 0 Å². The van der Waals surface area contributed by atoms with Gasteiger partial charge in [-0.05, 0) is 31.1 Å². The fourth-order valence-corrected chi connectivity index (χ4v) is 2.32. The summed E-state index contributed by atoms with van der Waals surface area (Å²) < 4.78 is 4.49. The molecule has 2 aliphatic carbocycles. The number of esters is 1. The van der Waals surface area contributed by atoms with Crippen molar-refractivity contribution >= 4 is 5.97 Å². The van der Waals surface area contributed by atoms with E-state index in [9.17, 15) is 4.79 Å². The van der Waals surface area contributed by atoms with Gasteiger partial charge in [-0.3, -0.25) is 0 Å². The van der Waals surface area contributed by atoms with Crippen LogP contribution < -0.4 is 0 Å². The van der Waals surface area contributed by atoms with Crippen molar-refractivity contribution in [3.8, 4) is 11.8 Å². The average Bonchev–Trinajstić information content (AvgIpc) is 2.78. The molecule has 0 radical (unpaired) electrons. The minimum atomic E-state index is -0.400. The van der Waals surface area contributed by atoms with Crippen molar-refractivity contribution in [2.75, 3.05) is 7.11 Å². The molecule has 0 aromatic heterocycles. The predicted octanol–water partition coefficient (Wildman–Crippen LogP) is 1.74. The van der Waals surface area contributed by atoms with Gasteiger partial charge in [0.15, 0.2) is 0 Å². The van der Waals surface area contributed by atoms with Gasteiger partial charge in [-0.15, -0.1) is 0 Å². The first-order chi connectivity index (χ1) is 6.27. The average molecular weight is 178 g/mol. The quantitative estimate of drug-likeness (QED) is 0.321. The summed E-state index contributed by atoms with van der Waals surface area (Å²) in [6.45, 7) is 0. The standard InChI is InChI=1S/C11H14O2/c1-13-10(12)5-4-9-3-2-6-11(9)7-8-11/h9H,2-3,6-8H2,1H3. The van der Waals surface area contributed by atoms with Crippen LogP contribution in [0.5, 0.6) is 0 Å². The van der Waals surface area contributed by atoms with Crippen LogP contribution >= 0.6 is 0 Å². The Balaban J connectivity index is 2.00. The first-order valence-corrected chi connectivity index (χ1v) is 4.86. The molecule has 1 spiro atoms. The Bertz CT molecular complexity index is 278. The van der Waals surface area contributed by atoms with Gasteiger partial charge in [-0.25, -0.2) is 4.79 Å². The molecule has 2 saturated carbocycles. The Morgan fingerprint density at radius 3 is 2.85 bits per heavy atom. The minimum Gasteiger partial charge on any atom is -0.459 e. The number of hydrogen-bond donors (Lipinski definition) is 0. The van der Waals surface area contributed by atoms with Gasteiger partial charge in [0.05, 0.1) is 7.11 Å². The first kappa shape index (κ1) is 8.62. The van der Waals surface area contributed by atoms with E-state index in [2.05, 4.69) is 16.6 Å². The Labute approximate surface area is 78.7 Å². The Morgan fingerprint density at radius 2 is 2.23 bits per heavy atom. The van der Waals surface area contributed by atoms with Crippen molar-refractivity contribution in [2.24, 2.45) is 11.3 Å². The number of ether oxygens (including phenoxy) is 1. The lowest BCUT2D eigenvalue weighted by molar-refractivity contribution is -0.133. The van der Waals surface area contributed by atoms with E-state index in [4.69, 9.17) is 0 Å². The highest BCUT2D eigenvalue weighted by molar-refractivity contribution is 5.88. The van der Waals surface area contributed by atoms with Crippen LogP contribution in [0, 0.1) is 23.2 Å². The molecular formula is C11H14O2. The maximum Gasteiger partial charge on any atom is 0.384 e. The number of methoxy groups -OCH3 is 1. The van der Waals surface area contributed by atoms with Crippen molar-refractivity contribution < 1.29 is 9.53 Å². The number of carbonyl (C=O) groups is 1. The zero-order valence-electron chi connectivity index (χ0n) is 7.93. The van der Waals surface area contributed by atoms with Crippen molar-refractivity contribution in [3.63, 3.8) is 0 Å². The van der Waals surface area contributed by atoms with Gasteiger partial charge in [0.1, 0.15) is 0 Å². The van der Waals surface area contributed by atoms with E-state index in [1.54, 1.807) is 0 Å². The molecule has 0 saturated heterocycles. The van der Waals surface area contributed by atoms with Crippen LogP contribution in [0.1, 0.15) is 32.1 Å². The fourth-order valence-electron chi connectivity index (χ4n) is 2.32. The molecule has 2 rings (SSSR count). The van der Waals surface area contributed by atoms with Gasteiger partial charge in [0, 0.05) is 11.8 Å². The SMILES string of the molecule is COC(=O)C#CC1CCCC12CC2. The highest BCUT2D eigenvalue weighted by Crippen LogP contribution is 2.60. The topological polar surface area (TPSA) is 26.3 Å². The molecule has 0 aromatic carbocycles. The van der Waals surface area contributed by atoms with E-state index in [1.807, 2.05) is 0 Å². The van der Waals surface area contributed by atoms with Gasteiger partial charge >= 0.3 is 5.97 Å². The van der Waals surface area contributed by atoms with Crippen LogP contribution in [0.15, 0.2) is 0 Å². The smallest absolute Gasteiger partial charge is 0.384 e. The molecule has 0 aliphatic heterocycles. The van der Waals surface area contributed by atoms with Crippen LogP contribution in [0.3, 0.4) is 0 Å². The molecule has 1 atom stereocenters. The van der Waals surface area contributed by atoms with E-state index in [-0.39, 0.29) is 0 Å². The predicted molar refractivity (Wildman–Crippen MR) is 48.8 cm³/mol. The maximum absolute atomic E-state index is 10.8.